The highest BCUT2D eigenvalue weighted by Gasteiger charge is 2.37. The number of hydrogen-bond donors (Lipinski definition) is 1. The largest absolute Gasteiger partial charge is 0.444 e. The van der Waals surface area contributed by atoms with Crippen LogP contribution < -0.4 is 0 Å². The van der Waals surface area contributed by atoms with Gasteiger partial charge in [0.2, 0.25) is 0 Å². The summed E-state index contributed by atoms with van der Waals surface area (Å²) in [6, 6.07) is -0.253. The first-order valence-electron chi connectivity index (χ1n) is 6.00. The summed E-state index contributed by atoms with van der Waals surface area (Å²) in [7, 11) is 0. The molecule has 0 bridgehead atoms. The number of carbonyl (C=O) groups is 2. The van der Waals surface area contributed by atoms with Crippen LogP contribution in [0.4, 0.5) is 4.79 Å². The molecule has 1 rings (SSSR count). The zero-order chi connectivity index (χ0) is 13.9. The Morgan fingerprint density at radius 2 is 2.06 bits per heavy atom. The topological polar surface area (TPSA) is 66.8 Å². The molecule has 1 amide bonds. The molecular formula is C12H21NO4S. The van der Waals surface area contributed by atoms with Gasteiger partial charge in [0.25, 0.3) is 0 Å². The number of rotatable bonds is 2. The van der Waals surface area contributed by atoms with Crippen molar-refractivity contribution in [3.63, 3.8) is 0 Å². The second kappa shape index (κ2) is 5.93. The molecule has 0 spiro atoms. The Morgan fingerprint density at radius 1 is 1.44 bits per heavy atom. The third-order valence-electron chi connectivity index (χ3n) is 2.55. The van der Waals surface area contributed by atoms with Gasteiger partial charge in [0.15, 0.2) is 5.12 Å². The molecule has 0 aromatic rings. The molecule has 6 heteroatoms. The average molecular weight is 275 g/mol. The number of ether oxygens (including phenoxy) is 1. The lowest BCUT2D eigenvalue weighted by atomic mass is 10.2. The van der Waals surface area contributed by atoms with Crippen LogP contribution in [0, 0.1) is 0 Å². The number of aliphatic hydroxyl groups excluding tert-OH is 1. The SMILES string of the molecule is CC(=O)S[C@@H]1C[C@@H](CO)N(C(=O)OC(C)(C)C)C1. The first kappa shape index (κ1) is 15.3. The molecule has 0 aliphatic carbocycles. The van der Waals surface area contributed by atoms with Gasteiger partial charge in [0, 0.05) is 18.7 Å². The number of carbonyl (C=O) groups excluding carboxylic acids is 2. The fourth-order valence-electron chi connectivity index (χ4n) is 1.91. The second-order valence-corrected chi connectivity index (χ2v) is 6.91. The van der Waals surface area contributed by atoms with E-state index < -0.39 is 11.7 Å². The van der Waals surface area contributed by atoms with Gasteiger partial charge in [-0.05, 0) is 27.2 Å². The van der Waals surface area contributed by atoms with Gasteiger partial charge in [0.05, 0.1) is 12.6 Å². The van der Waals surface area contributed by atoms with Crippen LogP contribution >= 0.6 is 11.8 Å². The molecule has 1 N–H and O–H groups in total. The van der Waals surface area contributed by atoms with E-state index >= 15 is 0 Å². The molecule has 0 radical (unpaired) electrons. The molecule has 1 aliphatic rings. The first-order valence-corrected chi connectivity index (χ1v) is 6.88. The van der Waals surface area contributed by atoms with Crippen molar-refractivity contribution in [2.75, 3.05) is 13.2 Å². The normalized spacial score (nSPS) is 24.2. The summed E-state index contributed by atoms with van der Waals surface area (Å²) in [6.07, 6.45) is 0.202. The fourth-order valence-corrected chi connectivity index (χ4v) is 2.93. The van der Waals surface area contributed by atoms with Gasteiger partial charge in [0.1, 0.15) is 5.60 Å². The second-order valence-electron chi connectivity index (χ2n) is 5.44. The van der Waals surface area contributed by atoms with Crippen LogP contribution in [0.25, 0.3) is 0 Å². The lowest BCUT2D eigenvalue weighted by Gasteiger charge is -2.27. The van der Waals surface area contributed by atoms with Crippen molar-refractivity contribution in [1.29, 1.82) is 0 Å². The van der Waals surface area contributed by atoms with Crippen molar-refractivity contribution in [1.82, 2.24) is 4.90 Å². The van der Waals surface area contributed by atoms with Gasteiger partial charge >= 0.3 is 6.09 Å². The maximum absolute atomic E-state index is 12.0. The van der Waals surface area contributed by atoms with E-state index in [1.54, 1.807) is 20.8 Å². The minimum atomic E-state index is -0.553. The maximum Gasteiger partial charge on any atom is 0.410 e. The Kier molecular flexibility index (Phi) is 5.04. The third-order valence-corrected chi connectivity index (χ3v) is 3.55. The number of thioether (sulfide) groups is 1. The summed E-state index contributed by atoms with van der Waals surface area (Å²) >= 11 is 1.22. The van der Waals surface area contributed by atoms with Crippen LogP contribution in [0.1, 0.15) is 34.1 Å². The summed E-state index contributed by atoms with van der Waals surface area (Å²) in [5, 5.41) is 9.37. The van der Waals surface area contributed by atoms with E-state index in [0.29, 0.717) is 13.0 Å². The van der Waals surface area contributed by atoms with E-state index in [2.05, 4.69) is 0 Å². The van der Waals surface area contributed by atoms with E-state index in [1.165, 1.54) is 23.6 Å². The highest BCUT2D eigenvalue weighted by Crippen LogP contribution is 2.29. The summed E-state index contributed by atoms with van der Waals surface area (Å²) in [5.41, 5.74) is -0.553. The number of nitrogens with zero attached hydrogens (tertiary/aromatic N) is 1. The molecule has 104 valence electrons. The zero-order valence-corrected chi connectivity index (χ0v) is 12.1. The molecule has 0 saturated carbocycles. The van der Waals surface area contributed by atoms with Gasteiger partial charge in [-0.15, -0.1) is 0 Å². The molecule has 1 fully saturated rings. The smallest absolute Gasteiger partial charge is 0.410 e. The van der Waals surface area contributed by atoms with Crippen LogP contribution in [-0.4, -0.2) is 51.3 Å². The zero-order valence-electron chi connectivity index (χ0n) is 11.3. The van der Waals surface area contributed by atoms with Crippen molar-refractivity contribution in [2.45, 2.75) is 51.0 Å². The number of amides is 1. The van der Waals surface area contributed by atoms with Crippen molar-refractivity contribution in [3.8, 4) is 0 Å². The van der Waals surface area contributed by atoms with Gasteiger partial charge in [-0.2, -0.15) is 0 Å². The predicted molar refractivity (Wildman–Crippen MR) is 70.5 cm³/mol. The minimum absolute atomic E-state index is 0.0303. The Labute approximate surface area is 112 Å². The van der Waals surface area contributed by atoms with Crippen LogP contribution in [0.3, 0.4) is 0 Å². The molecule has 5 nitrogen and oxygen atoms in total. The molecule has 0 aromatic heterocycles. The number of hydrogen-bond acceptors (Lipinski definition) is 5. The van der Waals surface area contributed by atoms with E-state index in [1.807, 2.05) is 0 Å². The van der Waals surface area contributed by atoms with E-state index in [-0.39, 0.29) is 23.0 Å². The Bertz CT molecular complexity index is 327. The van der Waals surface area contributed by atoms with E-state index in [4.69, 9.17) is 4.74 Å². The maximum atomic E-state index is 12.0. The van der Waals surface area contributed by atoms with Gasteiger partial charge in [-0.1, -0.05) is 11.8 Å². The third kappa shape index (κ3) is 4.49. The summed E-state index contributed by atoms with van der Waals surface area (Å²) < 4.78 is 5.29. The molecular weight excluding hydrogens is 254 g/mol. The number of likely N-dealkylation sites (tertiary alicyclic amines) is 1. The quantitative estimate of drug-likeness (QED) is 0.829. The fraction of sp³-hybridized carbons (Fsp3) is 0.833. The van der Waals surface area contributed by atoms with Crippen LogP contribution in [0.2, 0.25) is 0 Å². The van der Waals surface area contributed by atoms with Crippen molar-refractivity contribution < 1.29 is 19.4 Å². The summed E-state index contributed by atoms with van der Waals surface area (Å²) in [4.78, 5) is 24.5. The Morgan fingerprint density at radius 3 is 2.50 bits per heavy atom. The highest BCUT2D eigenvalue weighted by molar-refractivity contribution is 8.14. The van der Waals surface area contributed by atoms with Crippen LogP contribution in [0.15, 0.2) is 0 Å². The van der Waals surface area contributed by atoms with Gasteiger partial charge < -0.3 is 14.7 Å². The van der Waals surface area contributed by atoms with Crippen molar-refractivity contribution in [2.24, 2.45) is 0 Å². The van der Waals surface area contributed by atoms with Gasteiger partial charge in [-0.3, -0.25) is 4.79 Å². The molecule has 1 aliphatic heterocycles. The van der Waals surface area contributed by atoms with E-state index in [0.717, 1.165) is 0 Å². The minimum Gasteiger partial charge on any atom is -0.444 e. The monoisotopic (exact) mass is 275 g/mol. The van der Waals surface area contributed by atoms with Crippen molar-refractivity contribution in [3.05, 3.63) is 0 Å². The Balaban J connectivity index is 2.64. The number of aliphatic hydroxyl groups is 1. The highest BCUT2D eigenvalue weighted by atomic mass is 32.2. The molecule has 1 saturated heterocycles. The van der Waals surface area contributed by atoms with Crippen LogP contribution in [0.5, 0.6) is 0 Å². The predicted octanol–water partition coefficient (Wildman–Crippen LogP) is 1.64. The standard InChI is InChI=1S/C12H21NO4S/c1-8(15)18-10-5-9(7-14)13(6-10)11(16)17-12(2,3)4/h9-10,14H,5-7H2,1-4H3/t9-,10+/m0/s1. The Hall–Kier alpha value is -0.750. The molecule has 1 heterocycles. The molecule has 0 unspecified atom stereocenters. The average Bonchev–Trinajstić information content (AvgIpc) is 2.57. The van der Waals surface area contributed by atoms with Crippen molar-refractivity contribution >= 4 is 23.0 Å². The molecule has 0 aromatic carbocycles. The van der Waals surface area contributed by atoms with Crippen LogP contribution in [-0.2, 0) is 9.53 Å². The molecule has 18 heavy (non-hydrogen) atoms. The lowest BCUT2D eigenvalue weighted by molar-refractivity contribution is -0.109. The first-order chi connectivity index (χ1) is 8.23. The summed E-state index contributed by atoms with van der Waals surface area (Å²) in [5.74, 6) is 0. The molecule has 2 atom stereocenters. The van der Waals surface area contributed by atoms with E-state index in [9.17, 15) is 14.7 Å². The van der Waals surface area contributed by atoms with Gasteiger partial charge in [-0.25, -0.2) is 4.79 Å². The lowest BCUT2D eigenvalue weighted by Crippen LogP contribution is -2.41. The summed E-state index contributed by atoms with van der Waals surface area (Å²) in [6.45, 7) is 7.26.